The standard InChI is InChI=1S/C25H31ClFN7O2S.ClH/c1-15-13-30-24(32-22-12-20(27)18(14-29-22)16-7-9-28-10-8-16)33-23(15)31-17-5-6-19(26)21(11-17)34-37(35,36)25(2,3)4;/h5-6,11-14,16,28,34H,7-10H2,1-4H3,(H2,29,30,31,32,33);1H. The average molecular weight is 585 g/mol. The lowest BCUT2D eigenvalue weighted by Crippen LogP contribution is -2.33. The van der Waals surface area contributed by atoms with Crippen LogP contribution in [0.5, 0.6) is 0 Å². The molecule has 4 rings (SSSR count). The average Bonchev–Trinajstić information content (AvgIpc) is 2.83. The summed E-state index contributed by atoms with van der Waals surface area (Å²) in [7, 11) is -3.66. The number of anilines is 5. The second-order valence-electron chi connectivity index (χ2n) is 10.0. The Morgan fingerprint density at radius 2 is 1.79 bits per heavy atom. The summed E-state index contributed by atoms with van der Waals surface area (Å²) in [5.74, 6) is 0.872. The van der Waals surface area contributed by atoms with Crippen molar-refractivity contribution in [1.29, 1.82) is 0 Å². The third kappa shape index (κ3) is 7.02. The largest absolute Gasteiger partial charge is 0.340 e. The highest BCUT2D eigenvalue weighted by Gasteiger charge is 2.29. The smallest absolute Gasteiger partial charge is 0.237 e. The van der Waals surface area contributed by atoms with Crippen molar-refractivity contribution in [3.8, 4) is 0 Å². The number of hydrogen-bond acceptors (Lipinski definition) is 8. The Kier molecular flexibility index (Phi) is 9.40. The molecular formula is C25H32Cl2FN7O2S. The first kappa shape index (κ1) is 29.8. The molecule has 3 aromatic rings. The van der Waals surface area contributed by atoms with E-state index in [0.717, 1.165) is 31.5 Å². The van der Waals surface area contributed by atoms with Crippen LogP contribution in [0.4, 0.5) is 33.3 Å². The predicted octanol–water partition coefficient (Wildman–Crippen LogP) is 5.89. The van der Waals surface area contributed by atoms with Gasteiger partial charge in [0.05, 0.1) is 15.5 Å². The minimum atomic E-state index is -3.66. The zero-order valence-corrected chi connectivity index (χ0v) is 24.0. The number of nitrogens with one attached hydrogen (secondary N) is 4. The molecule has 0 amide bonds. The van der Waals surface area contributed by atoms with Gasteiger partial charge in [-0.15, -0.1) is 12.4 Å². The minimum absolute atomic E-state index is 0. The summed E-state index contributed by atoms with van der Waals surface area (Å²) >= 11 is 6.24. The molecule has 0 spiro atoms. The molecule has 38 heavy (non-hydrogen) atoms. The van der Waals surface area contributed by atoms with Crippen molar-refractivity contribution in [1.82, 2.24) is 20.3 Å². The normalized spacial score (nSPS) is 14.5. The maximum absolute atomic E-state index is 14.8. The molecule has 1 fully saturated rings. The van der Waals surface area contributed by atoms with Crippen LogP contribution in [0.15, 0.2) is 36.7 Å². The fourth-order valence-electron chi connectivity index (χ4n) is 3.80. The van der Waals surface area contributed by atoms with Gasteiger partial charge in [0, 0.05) is 35.3 Å². The van der Waals surface area contributed by atoms with Gasteiger partial charge in [-0.2, -0.15) is 4.98 Å². The van der Waals surface area contributed by atoms with Crippen LogP contribution in [-0.4, -0.2) is 41.2 Å². The zero-order valence-electron chi connectivity index (χ0n) is 21.6. The van der Waals surface area contributed by atoms with Gasteiger partial charge in [0.15, 0.2) is 0 Å². The third-order valence-corrected chi connectivity index (χ3v) is 8.58. The zero-order chi connectivity index (χ0) is 26.8. The summed E-state index contributed by atoms with van der Waals surface area (Å²) < 4.78 is 41.6. The molecule has 0 bridgehead atoms. The van der Waals surface area contributed by atoms with E-state index in [1.807, 2.05) is 6.92 Å². The van der Waals surface area contributed by atoms with E-state index in [9.17, 15) is 12.8 Å². The molecule has 2 aromatic heterocycles. The van der Waals surface area contributed by atoms with E-state index in [1.54, 1.807) is 51.4 Å². The number of piperidine rings is 1. The summed E-state index contributed by atoms with van der Waals surface area (Å²) in [6.45, 7) is 8.38. The molecule has 0 aliphatic carbocycles. The number of benzene rings is 1. The van der Waals surface area contributed by atoms with Gasteiger partial charge in [0.2, 0.25) is 16.0 Å². The van der Waals surface area contributed by atoms with Gasteiger partial charge in [-0.25, -0.2) is 22.8 Å². The molecule has 1 saturated heterocycles. The third-order valence-electron chi connectivity index (χ3n) is 6.15. The van der Waals surface area contributed by atoms with Crippen LogP contribution in [0, 0.1) is 12.7 Å². The van der Waals surface area contributed by atoms with E-state index in [4.69, 9.17) is 11.6 Å². The summed E-state index contributed by atoms with van der Waals surface area (Å²) in [5.41, 5.74) is 2.19. The quantitative estimate of drug-likeness (QED) is 0.272. The number of halogens is 3. The van der Waals surface area contributed by atoms with E-state index in [-0.39, 0.29) is 40.8 Å². The fourth-order valence-corrected chi connectivity index (χ4v) is 4.79. The van der Waals surface area contributed by atoms with E-state index in [2.05, 4.69) is 35.6 Å². The Morgan fingerprint density at radius 3 is 2.45 bits per heavy atom. The summed E-state index contributed by atoms with van der Waals surface area (Å²) in [6.07, 6.45) is 4.96. The lowest BCUT2D eigenvalue weighted by molar-refractivity contribution is 0.444. The monoisotopic (exact) mass is 583 g/mol. The second kappa shape index (κ2) is 12.0. The van der Waals surface area contributed by atoms with Crippen LogP contribution < -0.4 is 20.7 Å². The van der Waals surface area contributed by atoms with Gasteiger partial charge in [-0.1, -0.05) is 11.6 Å². The van der Waals surface area contributed by atoms with E-state index >= 15 is 0 Å². The van der Waals surface area contributed by atoms with Gasteiger partial charge in [0.25, 0.3) is 0 Å². The van der Waals surface area contributed by atoms with Gasteiger partial charge in [-0.3, -0.25) is 4.72 Å². The molecule has 0 unspecified atom stereocenters. The lowest BCUT2D eigenvalue weighted by Gasteiger charge is -2.23. The molecule has 0 atom stereocenters. The van der Waals surface area contributed by atoms with Crippen molar-refractivity contribution in [2.75, 3.05) is 28.4 Å². The Labute approximate surface area is 233 Å². The fraction of sp³-hybridized carbons (Fsp3) is 0.400. The number of pyridine rings is 1. The van der Waals surface area contributed by atoms with Crippen molar-refractivity contribution < 1.29 is 12.8 Å². The van der Waals surface area contributed by atoms with Crippen molar-refractivity contribution in [3.05, 3.63) is 58.6 Å². The van der Waals surface area contributed by atoms with Gasteiger partial charge < -0.3 is 16.0 Å². The minimum Gasteiger partial charge on any atom is -0.340 e. The number of aryl methyl sites for hydroxylation is 1. The molecule has 0 radical (unpaired) electrons. The van der Waals surface area contributed by atoms with Crippen LogP contribution in [-0.2, 0) is 10.0 Å². The predicted molar refractivity (Wildman–Crippen MR) is 153 cm³/mol. The topological polar surface area (TPSA) is 121 Å². The Balaban J connectivity index is 0.00000400. The summed E-state index contributed by atoms with van der Waals surface area (Å²) in [6, 6.07) is 6.26. The van der Waals surface area contributed by atoms with Crippen molar-refractivity contribution in [3.63, 3.8) is 0 Å². The highest BCUT2D eigenvalue weighted by atomic mass is 35.5. The lowest BCUT2D eigenvalue weighted by atomic mass is 9.91. The molecule has 13 heteroatoms. The Morgan fingerprint density at radius 1 is 1.08 bits per heavy atom. The van der Waals surface area contributed by atoms with Crippen molar-refractivity contribution in [2.24, 2.45) is 0 Å². The Bertz CT molecular complexity index is 1390. The molecule has 206 valence electrons. The molecule has 9 nitrogen and oxygen atoms in total. The van der Waals surface area contributed by atoms with Gasteiger partial charge in [0.1, 0.15) is 17.5 Å². The van der Waals surface area contributed by atoms with Crippen LogP contribution in [0.3, 0.4) is 0 Å². The highest BCUT2D eigenvalue weighted by molar-refractivity contribution is 7.94. The molecule has 1 aromatic carbocycles. The molecule has 3 heterocycles. The molecular weight excluding hydrogens is 552 g/mol. The SMILES string of the molecule is Cc1cnc(Nc2cc(F)c(C3CCNCC3)cn2)nc1Nc1ccc(Cl)c(NS(=O)(=O)C(C)(C)C)c1.Cl. The van der Waals surface area contributed by atoms with Crippen LogP contribution >= 0.6 is 24.0 Å². The molecule has 4 N–H and O–H groups in total. The summed E-state index contributed by atoms with van der Waals surface area (Å²) in [5, 5.41) is 9.67. The van der Waals surface area contributed by atoms with E-state index in [1.165, 1.54) is 6.07 Å². The number of sulfonamides is 1. The maximum Gasteiger partial charge on any atom is 0.237 e. The molecule has 0 saturated carbocycles. The number of rotatable bonds is 7. The van der Waals surface area contributed by atoms with Gasteiger partial charge in [-0.05, 0) is 77.7 Å². The first-order valence-electron chi connectivity index (χ1n) is 12.0. The van der Waals surface area contributed by atoms with Crippen molar-refractivity contribution in [2.45, 2.75) is 51.2 Å². The van der Waals surface area contributed by atoms with Crippen LogP contribution in [0.1, 0.15) is 50.7 Å². The number of aromatic nitrogens is 3. The molecule has 1 aliphatic rings. The van der Waals surface area contributed by atoms with Crippen LogP contribution in [0.2, 0.25) is 5.02 Å². The Hall–Kier alpha value is -2.73. The summed E-state index contributed by atoms with van der Waals surface area (Å²) in [4.78, 5) is 13.1. The highest BCUT2D eigenvalue weighted by Crippen LogP contribution is 2.31. The first-order chi connectivity index (χ1) is 17.4. The van der Waals surface area contributed by atoms with Crippen LogP contribution in [0.25, 0.3) is 0 Å². The van der Waals surface area contributed by atoms with E-state index < -0.39 is 14.8 Å². The van der Waals surface area contributed by atoms with Gasteiger partial charge >= 0.3 is 0 Å². The van der Waals surface area contributed by atoms with Crippen molar-refractivity contribution >= 4 is 63.0 Å². The maximum atomic E-state index is 14.8. The second-order valence-corrected chi connectivity index (χ2v) is 12.8. The number of hydrogen-bond donors (Lipinski definition) is 4. The van der Waals surface area contributed by atoms with E-state index in [0.29, 0.717) is 22.9 Å². The molecule has 1 aliphatic heterocycles. The first-order valence-corrected chi connectivity index (χ1v) is 13.8. The number of nitrogens with zero attached hydrogens (tertiary/aromatic N) is 3.